The second-order valence-electron chi connectivity index (χ2n) is 3.76. The predicted octanol–water partition coefficient (Wildman–Crippen LogP) is 2.16. The molecule has 1 rings (SSSR count). The van der Waals surface area contributed by atoms with E-state index in [1.807, 2.05) is 30.3 Å². The number of primary amides is 1. The molecule has 1 aromatic carbocycles. The van der Waals surface area contributed by atoms with Gasteiger partial charge in [0.25, 0.3) is 5.91 Å². The van der Waals surface area contributed by atoms with Crippen LogP contribution in [0.15, 0.2) is 41.7 Å². The summed E-state index contributed by atoms with van der Waals surface area (Å²) in [6.45, 7) is 2.22. The van der Waals surface area contributed by atoms with Gasteiger partial charge in [0.05, 0.1) is 6.61 Å². The van der Waals surface area contributed by atoms with Crippen molar-refractivity contribution in [2.24, 2.45) is 5.73 Å². The third-order valence-corrected chi connectivity index (χ3v) is 2.35. The van der Waals surface area contributed by atoms with Crippen LogP contribution in [0.2, 0.25) is 0 Å². The number of aliphatic hydroxyl groups is 1. The van der Waals surface area contributed by atoms with Crippen molar-refractivity contribution in [1.29, 1.82) is 0 Å². The maximum atomic E-state index is 10.7. The Hall–Kier alpha value is -1.97. The van der Waals surface area contributed by atoms with E-state index in [0.717, 1.165) is 12.2 Å². The van der Waals surface area contributed by atoms with Crippen molar-refractivity contribution in [3.63, 3.8) is 0 Å². The van der Waals surface area contributed by atoms with E-state index in [9.17, 15) is 9.90 Å². The number of hydrogen-bond donors (Lipinski definition) is 2. The first kappa shape index (κ1) is 13.1. The molecule has 0 radical (unpaired) electrons. The van der Waals surface area contributed by atoms with Gasteiger partial charge < -0.3 is 15.6 Å². The molecule has 0 aliphatic carbocycles. The zero-order chi connectivity index (χ0) is 12.7. The van der Waals surface area contributed by atoms with Crippen LogP contribution >= 0.6 is 0 Å². The molecule has 17 heavy (non-hydrogen) atoms. The van der Waals surface area contributed by atoms with Crippen molar-refractivity contribution in [2.45, 2.75) is 19.8 Å². The highest BCUT2D eigenvalue weighted by Gasteiger charge is 2.06. The predicted molar refractivity (Wildman–Crippen MR) is 65.7 cm³/mol. The standard InChI is InChI=1S/C13H17NO3/c1-10(12(15)13(14)16)6-5-9-17-11-7-3-2-4-8-11/h2-4,7-8,15H,5-6,9H2,1H3,(H2,14,16). The molecule has 0 aliphatic rings. The number of benzene rings is 1. The average molecular weight is 235 g/mol. The van der Waals surface area contributed by atoms with E-state index in [1.165, 1.54) is 0 Å². The minimum atomic E-state index is -0.786. The van der Waals surface area contributed by atoms with Crippen LogP contribution < -0.4 is 10.5 Å². The SMILES string of the molecule is CC(CCCOc1ccccc1)=C(O)C(N)=O. The molecular weight excluding hydrogens is 218 g/mol. The highest BCUT2D eigenvalue weighted by Crippen LogP contribution is 2.11. The molecular formula is C13H17NO3. The summed E-state index contributed by atoms with van der Waals surface area (Å²) in [4.78, 5) is 10.7. The van der Waals surface area contributed by atoms with Gasteiger partial charge in [-0.05, 0) is 37.5 Å². The minimum Gasteiger partial charge on any atom is -0.503 e. The lowest BCUT2D eigenvalue weighted by Gasteiger charge is -2.06. The lowest BCUT2D eigenvalue weighted by molar-refractivity contribution is -0.117. The Balaban J connectivity index is 2.30. The van der Waals surface area contributed by atoms with E-state index in [1.54, 1.807) is 6.92 Å². The fourth-order valence-electron chi connectivity index (χ4n) is 1.37. The number of aliphatic hydroxyl groups excluding tert-OH is 1. The van der Waals surface area contributed by atoms with E-state index >= 15 is 0 Å². The molecule has 0 saturated heterocycles. The van der Waals surface area contributed by atoms with E-state index in [0.29, 0.717) is 18.6 Å². The molecule has 0 saturated carbocycles. The molecule has 4 nitrogen and oxygen atoms in total. The zero-order valence-electron chi connectivity index (χ0n) is 9.85. The van der Waals surface area contributed by atoms with E-state index in [4.69, 9.17) is 10.5 Å². The summed E-state index contributed by atoms with van der Waals surface area (Å²) < 4.78 is 5.48. The third kappa shape index (κ3) is 4.59. The molecule has 92 valence electrons. The summed E-state index contributed by atoms with van der Waals surface area (Å²) in [5.41, 5.74) is 5.55. The van der Waals surface area contributed by atoms with Gasteiger partial charge in [0, 0.05) is 0 Å². The van der Waals surface area contributed by atoms with Crippen molar-refractivity contribution in [3.05, 3.63) is 41.7 Å². The average Bonchev–Trinajstić information content (AvgIpc) is 2.34. The zero-order valence-corrected chi connectivity index (χ0v) is 9.85. The summed E-state index contributed by atoms with van der Waals surface area (Å²) in [6.07, 6.45) is 1.31. The quantitative estimate of drug-likeness (QED) is 0.451. The molecule has 0 heterocycles. The smallest absolute Gasteiger partial charge is 0.283 e. The van der Waals surface area contributed by atoms with Crippen molar-refractivity contribution in [3.8, 4) is 5.75 Å². The van der Waals surface area contributed by atoms with Gasteiger partial charge in [0.15, 0.2) is 5.76 Å². The molecule has 0 atom stereocenters. The van der Waals surface area contributed by atoms with Crippen LogP contribution in [0, 0.1) is 0 Å². The van der Waals surface area contributed by atoms with E-state index in [-0.39, 0.29) is 5.76 Å². The van der Waals surface area contributed by atoms with Gasteiger partial charge in [-0.25, -0.2) is 0 Å². The minimum absolute atomic E-state index is 0.343. The van der Waals surface area contributed by atoms with Crippen LogP contribution in [0.5, 0.6) is 5.75 Å². The Morgan fingerprint density at radius 2 is 2.00 bits per heavy atom. The van der Waals surface area contributed by atoms with Gasteiger partial charge in [0.2, 0.25) is 0 Å². The van der Waals surface area contributed by atoms with Gasteiger partial charge in [-0.15, -0.1) is 0 Å². The number of allylic oxidation sites excluding steroid dienone is 1. The number of hydrogen-bond acceptors (Lipinski definition) is 3. The van der Waals surface area contributed by atoms with E-state index < -0.39 is 5.91 Å². The van der Waals surface area contributed by atoms with E-state index in [2.05, 4.69) is 0 Å². The Kier molecular flexibility index (Phi) is 5.07. The third-order valence-electron chi connectivity index (χ3n) is 2.35. The number of carbonyl (C=O) groups excluding carboxylic acids is 1. The second kappa shape index (κ2) is 6.58. The van der Waals surface area contributed by atoms with Crippen LogP contribution in [0.1, 0.15) is 19.8 Å². The fraction of sp³-hybridized carbons (Fsp3) is 0.308. The summed E-state index contributed by atoms with van der Waals surface area (Å²) >= 11 is 0. The number of rotatable bonds is 6. The highest BCUT2D eigenvalue weighted by molar-refractivity contribution is 5.90. The largest absolute Gasteiger partial charge is 0.503 e. The number of amides is 1. The summed E-state index contributed by atoms with van der Waals surface area (Å²) in [6, 6.07) is 9.48. The van der Waals surface area contributed by atoms with Crippen LogP contribution in [-0.4, -0.2) is 17.6 Å². The lowest BCUT2D eigenvalue weighted by Crippen LogP contribution is -2.15. The Labute approximate surface area is 101 Å². The number of carbonyl (C=O) groups is 1. The van der Waals surface area contributed by atoms with Crippen molar-refractivity contribution in [1.82, 2.24) is 0 Å². The first-order valence-electron chi connectivity index (χ1n) is 5.47. The van der Waals surface area contributed by atoms with Crippen LogP contribution in [-0.2, 0) is 4.79 Å². The molecule has 0 unspecified atom stereocenters. The van der Waals surface area contributed by atoms with Crippen LogP contribution in [0.3, 0.4) is 0 Å². The molecule has 0 aromatic heterocycles. The first-order valence-corrected chi connectivity index (χ1v) is 5.47. The molecule has 0 fully saturated rings. The van der Waals surface area contributed by atoms with Gasteiger partial charge in [0.1, 0.15) is 5.75 Å². The number of nitrogens with two attached hydrogens (primary N) is 1. The number of ether oxygens (including phenoxy) is 1. The maximum absolute atomic E-state index is 10.7. The summed E-state index contributed by atoms with van der Waals surface area (Å²) in [5, 5.41) is 9.28. The van der Waals surface area contributed by atoms with Crippen molar-refractivity contribution in [2.75, 3.05) is 6.61 Å². The summed E-state index contributed by atoms with van der Waals surface area (Å²) in [7, 11) is 0. The van der Waals surface area contributed by atoms with Gasteiger partial charge >= 0.3 is 0 Å². The fourth-order valence-corrected chi connectivity index (χ4v) is 1.37. The summed E-state index contributed by atoms with van der Waals surface area (Å²) in [5.74, 6) is -0.315. The molecule has 1 amide bonds. The topological polar surface area (TPSA) is 72.6 Å². The molecule has 0 bridgehead atoms. The van der Waals surface area contributed by atoms with Crippen LogP contribution in [0.25, 0.3) is 0 Å². The first-order chi connectivity index (χ1) is 8.11. The Morgan fingerprint density at radius 1 is 1.35 bits per heavy atom. The molecule has 0 spiro atoms. The normalized spacial score (nSPS) is 11.8. The maximum Gasteiger partial charge on any atom is 0.283 e. The Morgan fingerprint density at radius 3 is 2.59 bits per heavy atom. The van der Waals surface area contributed by atoms with Crippen molar-refractivity contribution < 1.29 is 14.6 Å². The molecule has 3 N–H and O–H groups in total. The molecule has 4 heteroatoms. The van der Waals surface area contributed by atoms with Crippen molar-refractivity contribution >= 4 is 5.91 Å². The van der Waals surface area contributed by atoms with Gasteiger partial charge in [-0.3, -0.25) is 4.79 Å². The highest BCUT2D eigenvalue weighted by atomic mass is 16.5. The number of para-hydroxylation sites is 1. The Bertz CT molecular complexity index is 398. The second-order valence-corrected chi connectivity index (χ2v) is 3.76. The van der Waals surface area contributed by atoms with Crippen LogP contribution in [0.4, 0.5) is 0 Å². The lowest BCUT2D eigenvalue weighted by atomic mass is 10.1. The monoisotopic (exact) mass is 235 g/mol. The molecule has 0 aliphatic heterocycles. The van der Waals surface area contributed by atoms with Gasteiger partial charge in [-0.2, -0.15) is 0 Å². The molecule has 1 aromatic rings. The van der Waals surface area contributed by atoms with Gasteiger partial charge in [-0.1, -0.05) is 18.2 Å².